The van der Waals surface area contributed by atoms with Gasteiger partial charge in [0.2, 0.25) is 5.67 Å². The number of aromatic hydroxyl groups is 1. The van der Waals surface area contributed by atoms with E-state index in [1.54, 1.807) is 0 Å². The van der Waals surface area contributed by atoms with Crippen molar-refractivity contribution in [2.45, 2.75) is 12.6 Å². The van der Waals surface area contributed by atoms with Gasteiger partial charge >= 0.3 is 5.97 Å². The van der Waals surface area contributed by atoms with Crippen molar-refractivity contribution in [1.82, 2.24) is 0 Å². The number of methoxy groups -OCH3 is 1. The molecule has 88 valence electrons. The second-order valence-electron chi connectivity index (χ2n) is 3.31. The number of ether oxygens (including phenoxy) is 1. The van der Waals surface area contributed by atoms with E-state index in [1.807, 2.05) is 0 Å². The molecule has 1 aromatic carbocycles. The van der Waals surface area contributed by atoms with Crippen LogP contribution in [0.4, 0.5) is 4.39 Å². The topological polar surface area (TPSA) is 66.8 Å². The lowest BCUT2D eigenvalue weighted by atomic mass is 9.98. The summed E-state index contributed by atoms with van der Waals surface area (Å²) in [6, 6.07) is 2.34. The maximum atomic E-state index is 13.9. The number of hydrogen-bond acceptors (Lipinski definition) is 3. The largest absolute Gasteiger partial charge is 0.504 e. The molecule has 16 heavy (non-hydrogen) atoms. The summed E-state index contributed by atoms with van der Waals surface area (Å²) in [5, 5.41) is 18.1. The minimum Gasteiger partial charge on any atom is -0.504 e. The minimum atomic E-state index is -2.56. The van der Waals surface area contributed by atoms with Gasteiger partial charge in [-0.15, -0.1) is 0 Å². The molecule has 0 radical (unpaired) electrons. The van der Waals surface area contributed by atoms with Crippen LogP contribution < -0.4 is 4.74 Å². The predicted octanol–water partition coefficient (Wildman–Crippen LogP) is 2.43. The van der Waals surface area contributed by atoms with E-state index < -0.39 is 11.6 Å². The third-order valence-electron chi connectivity index (χ3n) is 2.18. The van der Waals surface area contributed by atoms with Gasteiger partial charge in [-0.05, 0) is 19.1 Å². The number of carbonyl (C=O) groups is 1. The van der Waals surface area contributed by atoms with Crippen LogP contribution in [-0.2, 0) is 10.5 Å². The predicted molar refractivity (Wildman–Crippen MR) is 58.5 cm³/mol. The summed E-state index contributed by atoms with van der Waals surface area (Å²) in [6.07, 6.45) is 0. The van der Waals surface area contributed by atoms with Crippen molar-refractivity contribution in [2.75, 3.05) is 7.11 Å². The molecule has 6 heteroatoms. The highest BCUT2D eigenvalue weighted by molar-refractivity contribution is 9.10. The second kappa shape index (κ2) is 4.29. The highest BCUT2D eigenvalue weighted by Gasteiger charge is 2.37. The van der Waals surface area contributed by atoms with Gasteiger partial charge in [0.25, 0.3) is 0 Å². The molecule has 1 aromatic rings. The van der Waals surface area contributed by atoms with E-state index in [0.717, 1.165) is 13.0 Å². The van der Waals surface area contributed by atoms with Crippen molar-refractivity contribution >= 4 is 21.9 Å². The quantitative estimate of drug-likeness (QED) is 0.898. The fourth-order valence-corrected chi connectivity index (χ4v) is 1.88. The Bertz CT molecular complexity index is 431. The molecule has 0 saturated heterocycles. The van der Waals surface area contributed by atoms with Crippen LogP contribution in [0, 0.1) is 0 Å². The number of halogens is 2. The monoisotopic (exact) mass is 292 g/mol. The van der Waals surface area contributed by atoms with E-state index in [9.17, 15) is 14.3 Å². The normalized spacial score (nSPS) is 14.2. The van der Waals surface area contributed by atoms with Gasteiger partial charge in [-0.3, -0.25) is 0 Å². The first-order chi connectivity index (χ1) is 7.30. The summed E-state index contributed by atoms with van der Waals surface area (Å²) < 4.78 is 18.8. The fourth-order valence-electron chi connectivity index (χ4n) is 1.18. The number of alkyl halides is 1. The van der Waals surface area contributed by atoms with E-state index in [-0.39, 0.29) is 21.5 Å². The SMILES string of the molecule is COc1cc(C(C)(F)C(=O)O)c(Br)cc1O. The molecule has 0 bridgehead atoms. The van der Waals surface area contributed by atoms with Crippen LogP contribution in [-0.4, -0.2) is 23.3 Å². The molecule has 0 fully saturated rings. The first-order valence-electron chi connectivity index (χ1n) is 4.30. The number of carboxylic acids is 1. The molecular formula is C10H10BrFO4. The van der Waals surface area contributed by atoms with Crippen LogP contribution >= 0.6 is 15.9 Å². The highest BCUT2D eigenvalue weighted by Crippen LogP contribution is 2.39. The molecule has 0 spiro atoms. The number of rotatable bonds is 3. The standard InChI is InChI=1S/C10H10BrFO4/c1-10(12,9(14)15)5-3-8(16-2)7(13)4-6(5)11/h3-4,13H,1-2H3,(H,14,15). The molecule has 0 saturated carbocycles. The summed E-state index contributed by atoms with van der Waals surface area (Å²) in [7, 11) is 1.29. The number of phenolic OH excluding ortho intramolecular Hbond substituents is 1. The Morgan fingerprint density at radius 2 is 2.12 bits per heavy atom. The van der Waals surface area contributed by atoms with Crippen LogP contribution in [0.5, 0.6) is 11.5 Å². The van der Waals surface area contributed by atoms with Crippen molar-refractivity contribution in [3.05, 3.63) is 22.2 Å². The third-order valence-corrected chi connectivity index (χ3v) is 2.83. The lowest BCUT2D eigenvalue weighted by Crippen LogP contribution is -2.27. The maximum Gasteiger partial charge on any atom is 0.345 e. The number of aliphatic carboxylic acids is 1. The Hall–Kier alpha value is -1.30. The van der Waals surface area contributed by atoms with Gasteiger partial charge < -0.3 is 14.9 Å². The second-order valence-corrected chi connectivity index (χ2v) is 4.17. The van der Waals surface area contributed by atoms with Crippen molar-refractivity contribution in [1.29, 1.82) is 0 Å². The van der Waals surface area contributed by atoms with Crippen LogP contribution in [0.15, 0.2) is 16.6 Å². The summed E-state index contributed by atoms with van der Waals surface area (Å²) >= 11 is 3.00. The summed E-state index contributed by atoms with van der Waals surface area (Å²) in [5.74, 6) is -1.79. The number of phenols is 1. The molecule has 0 heterocycles. The first-order valence-corrected chi connectivity index (χ1v) is 5.09. The minimum absolute atomic E-state index is 0.0170. The molecule has 1 rings (SSSR count). The van der Waals surface area contributed by atoms with E-state index in [2.05, 4.69) is 15.9 Å². The Morgan fingerprint density at radius 1 is 1.56 bits per heavy atom. The first kappa shape index (κ1) is 12.8. The summed E-state index contributed by atoms with van der Waals surface area (Å²) in [4.78, 5) is 10.8. The number of carboxylic acid groups (broad SMARTS) is 1. The summed E-state index contributed by atoms with van der Waals surface area (Å²) in [6.45, 7) is 0.923. The van der Waals surface area contributed by atoms with E-state index in [4.69, 9.17) is 9.84 Å². The van der Waals surface area contributed by atoms with Crippen LogP contribution in [0.1, 0.15) is 12.5 Å². The van der Waals surface area contributed by atoms with Crippen molar-refractivity contribution < 1.29 is 24.1 Å². The van der Waals surface area contributed by atoms with Crippen LogP contribution in [0.25, 0.3) is 0 Å². The zero-order valence-electron chi connectivity index (χ0n) is 8.62. The van der Waals surface area contributed by atoms with Crippen molar-refractivity contribution in [3.63, 3.8) is 0 Å². The van der Waals surface area contributed by atoms with Gasteiger partial charge in [0, 0.05) is 10.0 Å². The average Bonchev–Trinajstić information content (AvgIpc) is 2.17. The average molecular weight is 293 g/mol. The van der Waals surface area contributed by atoms with Crippen molar-refractivity contribution in [3.8, 4) is 11.5 Å². The lowest BCUT2D eigenvalue weighted by molar-refractivity contribution is -0.150. The zero-order chi connectivity index (χ0) is 12.5. The molecule has 0 aliphatic heterocycles. The Labute approximate surface area is 99.8 Å². The zero-order valence-corrected chi connectivity index (χ0v) is 10.2. The van der Waals surface area contributed by atoms with E-state index >= 15 is 0 Å². The molecule has 1 atom stereocenters. The summed E-state index contributed by atoms with van der Waals surface area (Å²) in [5.41, 5.74) is -2.67. The number of benzene rings is 1. The molecule has 0 aromatic heterocycles. The van der Waals surface area contributed by atoms with Crippen LogP contribution in [0.3, 0.4) is 0 Å². The van der Waals surface area contributed by atoms with E-state index in [0.29, 0.717) is 0 Å². The molecule has 4 nitrogen and oxygen atoms in total. The van der Waals surface area contributed by atoms with Gasteiger partial charge in [-0.1, -0.05) is 15.9 Å². The van der Waals surface area contributed by atoms with Gasteiger partial charge in [-0.2, -0.15) is 0 Å². The van der Waals surface area contributed by atoms with Crippen LogP contribution in [0.2, 0.25) is 0 Å². The fraction of sp³-hybridized carbons (Fsp3) is 0.300. The Kier molecular flexibility index (Phi) is 3.42. The number of hydrogen-bond donors (Lipinski definition) is 2. The molecule has 0 amide bonds. The Balaban J connectivity index is 3.40. The van der Waals surface area contributed by atoms with Gasteiger partial charge in [0.15, 0.2) is 11.5 Å². The maximum absolute atomic E-state index is 13.9. The molecule has 1 unspecified atom stereocenters. The Morgan fingerprint density at radius 3 is 2.56 bits per heavy atom. The van der Waals surface area contributed by atoms with Crippen molar-refractivity contribution in [2.24, 2.45) is 0 Å². The van der Waals surface area contributed by atoms with E-state index in [1.165, 1.54) is 13.2 Å². The molecular weight excluding hydrogens is 283 g/mol. The van der Waals surface area contributed by atoms with Gasteiger partial charge in [-0.25, -0.2) is 9.18 Å². The smallest absolute Gasteiger partial charge is 0.345 e. The van der Waals surface area contributed by atoms with Gasteiger partial charge in [0.1, 0.15) is 0 Å². The lowest BCUT2D eigenvalue weighted by Gasteiger charge is -2.18. The molecule has 0 aliphatic rings. The highest BCUT2D eigenvalue weighted by atomic mass is 79.9. The molecule has 2 N–H and O–H groups in total. The van der Waals surface area contributed by atoms with Gasteiger partial charge in [0.05, 0.1) is 7.11 Å². The molecule has 0 aliphatic carbocycles. The third kappa shape index (κ3) is 2.11.